The minimum absolute atomic E-state index is 0. The van der Waals surface area contributed by atoms with Crippen LogP contribution in [-0.2, 0) is 9.53 Å². The number of unbranched alkanes of at least 4 members (excludes halogenated alkanes) is 19. The molecule has 1 rings (SSSR count). The Hall–Kier alpha value is -0.440. The summed E-state index contributed by atoms with van der Waals surface area (Å²) < 4.78 is 5.88. The summed E-state index contributed by atoms with van der Waals surface area (Å²) in [5.74, 6) is -0.0515. The molecule has 240 valence electrons. The number of carbonyl (C=O) groups is 1. The van der Waals surface area contributed by atoms with E-state index in [0.29, 0.717) is 13.0 Å². The maximum Gasteiger partial charge on any atom is 0.224 e. The van der Waals surface area contributed by atoms with Gasteiger partial charge in [0.1, 0.15) is 24.4 Å². The SMILES string of the molecule is CCCCCCCCCCCCCCN(C(=O)CCCCCCCCCCC)[C@@H]1O[C@H](CN)[C@@H](O)[C@H](O)[C@@H]1O.Cl. The van der Waals surface area contributed by atoms with Gasteiger partial charge in [-0.2, -0.15) is 0 Å². The third-order valence-corrected chi connectivity index (χ3v) is 8.29. The van der Waals surface area contributed by atoms with Crippen molar-refractivity contribution in [2.75, 3.05) is 13.1 Å². The molecule has 0 radical (unpaired) electrons. The van der Waals surface area contributed by atoms with Gasteiger partial charge in [-0.15, -0.1) is 12.4 Å². The minimum Gasteiger partial charge on any atom is -0.388 e. The van der Waals surface area contributed by atoms with E-state index in [9.17, 15) is 20.1 Å². The number of hydrogen-bond donors (Lipinski definition) is 4. The van der Waals surface area contributed by atoms with E-state index in [4.69, 9.17) is 10.5 Å². The van der Waals surface area contributed by atoms with Crippen LogP contribution in [0.3, 0.4) is 0 Å². The van der Waals surface area contributed by atoms with E-state index in [2.05, 4.69) is 13.8 Å². The number of hydrogen-bond acceptors (Lipinski definition) is 6. The summed E-state index contributed by atoms with van der Waals surface area (Å²) >= 11 is 0. The molecule has 0 bridgehead atoms. The van der Waals surface area contributed by atoms with Crippen molar-refractivity contribution in [3.8, 4) is 0 Å². The standard InChI is InChI=1S/C32H64N2O5.ClH/c1-3-5-7-9-11-13-14-15-17-19-21-23-25-34(32-31(38)30(37)29(36)27(26-33)39-32)28(35)24-22-20-18-16-12-10-8-6-4-2;/h27,29-32,36-38H,3-26,33H2,1-2H3;1H/t27-,29-,30+,31+,32-;/m1./s1. The summed E-state index contributed by atoms with van der Waals surface area (Å²) in [6.45, 7) is 4.98. The zero-order valence-corrected chi connectivity index (χ0v) is 26.8. The largest absolute Gasteiger partial charge is 0.388 e. The fourth-order valence-corrected chi connectivity index (χ4v) is 5.63. The molecular formula is C32H65ClN2O5. The highest BCUT2D eigenvalue weighted by Crippen LogP contribution is 2.25. The predicted octanol–water partition coefficient (Wildman–Crippen LogP) is 6.63. The minimum atomic E-state index is -1.39. The Morgan fingerprint density at radius 1 is 0.625 bits per heavy atom. The van der Waals surface area contributed by atoms with Crippen LogP contribution in [0.4, 0.5) is 0 Å². The van der Waals surface area contributed by atoms with E-state index in [1.165, 1.54) is 96.3 Å². The summed E-state index contributed by atoms with van der Waals surface area (Å²) in [6, 6.07) is 0. The average Bonchev–Trinajstić information content (AvgIpc) is 2.94. The van der Waals surface area contributed by atoms with Crippen LogP contribution in [0.15, 0.2) is 0 Å². The van der Waals surface area contributed by atoms with Crippen LogP contribution in [0.25, 0.3) is 0 Å². The molecule has 0 unspecified atom stereocenters. The average molecular weight is 593 g/mol. The molecular weight excluding hydrogens is 528 g/mol. The topological polar surface area (TPSA) is 116 Å². The normalized spacial score (nSPS) is 22.7. The zero-order chi connectivity index (χ0) is 28.7. The Kier molecular flexibility index (Phi) is 25.9. The highest BCUT2D eigenvalue weighted by Gasteiger charge is 2.46. The van der Waals surface area contributed by atoms with Crippen LogP contribution in [0.2, 0.25) is 0 Å². The first-order valence-electron chi connectivity index (χ1n) is 16.7. The summed E-state index contributed by atoms with van der Waals surface area (Å²) in [7, 11) is 0. The number of nitrogens with zero attached hydrogens (tertiary/aromatic N) is 1. The Bertz CT molecular complexity index is 584. The van der Waals surface area contributed by atoms with Crippen LogP contribution in [0, 0.1) is 0 Å². The highest BCUT2D eigenvalue weighted by molar-refractivity contribution is 5.85. The van der Waals surface area contributed by atoms with E-state index < -0.39 is 30.6 Å². The molecule has 8 heteroatoms. The van der Waals surface area contributed by atoms with Crippen molar-refractivity contribution in [3.05, 3.63) is 0 Å². The van der Waals surface area contributed by atoms with E-state index in [1.54, 1.807) is 4.90 Å². The van der Waals surface area contributed by atoms with Gasteiger partial charge in [0.05, 0.1) is 0 Å². The third kappa shape index (κ3) is 16.9. The molecule has 0 aliphatic carbocycles. The van der Waals surface area contributed by atoms with Crippen molar-refractivity contribution < 1.29 is 24.9 Å². The number of carbonyl (C=O) groups excluding carboxylic acids is 1. The summed E-state index contributed by atoms with van der Waals surface area (Å²) in [6.07, 6.45) is 20.1. The molecule has 1 fully saturated rings. The van der Waals surface area contributed by atoms with Crippen LogP contribution in [0.5, 0.6) is 0 Å². The van der Waals surface area contributed by atoms with Crippen LogP contribution < -0.4 is 5.73 Å². The Balaban J connectivity index is 0.0000152. The summed E-state index contributed by atoms with van der Waals surface area (Å²) in [4.78, 5) is 14.9. The number of aliphatic hydroxyl groups excluding tert-OH is 3. The van der Waals surface area contributed by atoms with Gasteiger partial charge in [-0.25, -0.2) is 0 Å². The quantitative estimate of drug-likeness (QED) is 0.0885. The lowest BCUT2D eigenvalue weighted by atomic mass is 9.97. The Labute approximate surface area is 252 Å². The fourth-order valence-electron chi connectivity index (χ4n) is 5.63. The van der Waals surface area contributed by atoms with Crippen LogP contribution in [0.1, 0.15) is 155 Å². The Morgan fingerprint density at radius 2 is 1.02 bits per heavy atom. The van der Waals surface area contributed by atoms with Gasteiger partial charge >= 0.3 is 0 Å². The number of nitrogens with two attached hydrogens (primary N) is 1. The lowest BCUT2D eigenvalue weighted by Crippen LogP contribution is -2.64. The van der Waals surface area contributed by atoms with Crippen molar-refractivity contribution >= 4 is 18.3 Å². The molecule has 5 N–H and O–H groups in total. The van der Waals surface area contributed by atoms with Crippen molar-refractivity contribution in [1.29, 1.82) is 0 Å². The lowest BCUT2D eigenvalue weighted by molar-refractivity contribution is -0.254. The first kappa shape index (κ1) is 39.6. The smallest absolute Gasteiger partial charge is 0.224 e. The second-order valence-corrected chi connectivity index (χ2v) is 11.8. The number of ether oxygens (including phenoxy) is 1. The fraction of sp³-hybridized carbons (Fsp3) is 0.969. The van der Waals surface area contributed by atoms with Crippen molar-refractivity contribution in [2.45, 2.75) is 186 Å². The molecule has 1 heterocycles. The second kappa shape index (κ2) is 26.2. The first-order valence-corrected chi connectivity index (χ1v) is 16.7. The number of rotatable bonds is 25. The maximum atomic E-state index is 13.3. The molecule has 7 nitrogen and oxygen atoms in total. The number of aliphatic hydroxyl groups is 3. The van der Waals surface area contributed by atoms with Gasteiger partial charge in [-0.1, -0.05) is 136 Å². The van der Waals surface area contributed by atoms with Crippen molar-refractivity contribution in [3.63, 3.8) is 0 Å². The molecule has 0 aromatic carbocycles. The molecule has 0 aromatic rings. The van der Waals surface area contributed by atoms with E-state index in [-0.39, 0.29) is 24.9 Å². The van der Waals surface area contributed by atoms with E-state index >= 15 is 0 Å². The first-order chi connectivity index (χ1) is 19.0. The van der Waals surface area contributed by atoms with Gasteiger partial charge in [-0.05, 0) is 12.8 Å². The second-order valence-electron chi connectivity index (χ2n) is 11.8. The molecule has 0 spiro atoms. The molecule has 1 aliphatic heterocycles. The number of amides is 1. The van der Waals surface area contributed by atoms with Gasteiger partial charge in [0.2, 0.25) is 5.91 Å². The molecule has 5 atom stereocenters. The molecule has 40 heavy (non-hydrogen) atoms. The molecule has 0 aromatic heterocycles. The third-order valence-electron chi connectivity index (χ3n) is 8.29. The Morgan fingerprint density at radius 3 is 1.45 bits per heavy atom. The highest BCUT2D eigenvalue weighted by atomic mass is 35.5. The number of halogens is 1. The van der Waals surface area contributed by atoms with Crippen LogP contribution in [-0.4, -0.2) is 69.9 Å². The molecule has 0 saturated carbocycles. The van der Waals surface area contributed by atoms with Gasteiger partial charge in [0, 0.05) is 19.5 Å². The van der Waals surface area contributed by atoms with Crippen LogP contribution >= 0.6 is 12.4 Å². The predicted molar refractivity (Wildman–Crippen MR) is 168 cm³/mol. The van der Waals surface area contributed by atoms with E-state index in [1.807, 2.05) is 0 Å². The molecule has 1 aliphatic rings. The lowest BCUT2D eigenvalue weighted by Gasteiger charge is -2.45. The van der Waals surface area contributed by atoms with E-state index in [0.717, 1.165) is 38.5 Å². The summed E-state index contributed by atoms with van der Waals surface area (Å²) in [5, 5.41) is 31.3. The molecule has 1 amide bonds. The van der Waals surface area contributed by atoms with Gasteiger partial charge in [0.25, 0.3) is 0 Å². The van der Waals surface area contributed by atoms with Gasteiger partial charge in [0.15, 0.2) is 6.23 Å². The van der Waals surface area contributed by atoms with Crippen molar-refractivity contribution in [1.82, 2.24) is 4.90 Å². The summed E-state index contributed by atoms with van der Waals surface area (Å²) in [5.41, 5.74) is 5.74. The van der Waals surface area contributed by atoms with Gasteiger partial charge in [-0.3, -0.25) is 4.79 Å². The zero-order valence-electron chi connectivity index (χ0n) is 25.9. The van der Waals surface area contributed by atoms with Gasteiger partial charge < -0.3 is 30.7 Å². The molecule has 1 saturated heterocycles. The maximum absolute atomic E-state index is 13.3. The van der Waals surface area contributed by atoms with Crippen molar-refractivity contribution in [2.24, 2.45) is 5.73 Å². The monoisotopic (exact) mass is 592 g/mol.